The molecule has 94 valence electrons. The lowest BCUT2D eigenvalue weighted by Gasteiger charge is -2.32. The highest BCUT2D eigenvalue weighted by Gasteiger charge is 2.19. The molecule has 0 saturated carbocycles. The van der Waals surface area contributed by atoms with Gasteiger partial charge in [-0.3, -0.25) is 4.90 Å². The molecular formula is C14H22N2O. The first-order chi connectivity index (χ1) is 8.38. The molecule has 0 aromatic heterocycles. The monoisotopic (exact) mass is 234 g/mol. The summed E-state index contributed by atoms with van der Waals surface area (Å²) in [5.41, 5.74) is 6.85. The highest BCUT2D eigenvalue weighted by molar-refractivity contribution is 5.14. The first-order valence-corrected chi connectivity index (χ1v) is 6.46. The van der Waals surface area contributed by atoms with Crippen LogP contribution < -0.4 is 5.73 Å². The Labute approximate surface area is 104 Å². The van der Waals surface area contributed by atoms with Crippen LogP contribution in [0, 0.1) is 0 Å². The number of nitrogens with two attached hydrogens (primary N) is 1. The van der Waals surface area contributed by atoms with Crippen molar-refractivity contribution in [2.75, 3.05) is 26.2 Å². The fourth-order valence-electron chi connectivity index (χ4n) is 2.37. The second-order valence-electron chi connectivity index (χ2n) is 4.64. The fraction of sp³-hybridized carbons (Fsp3) is 0.571. The zero-order valence-electron chi connectivity index (χ0n) is 10.3. The SMILES string of the molecule is NCCOC1CCCN(Cc2ccccc2)C1. The van der Waals surface area contributed by atoms with Crippen LogP contribution in [0.2, 0.25) is 0 Å². The molecule has 0 radical (unpaired) electrons. The molecule has 2 rings (SSSR count). The lowest BCUT2D eigenvalue weighted by atomic mass is 10.1. The topological polar surface area (TPSA) is 38.5 Å². The molecule has 1 fully saturated rings. The number of nitrogens with zero attached hydrogens (tertiary/aromatic N) is 1. The van der Waals surface area contributed by atoms with Crippen LogP contribution in [0.15, 0.2) is 30.3 Å². The Morgan fingerprint density at radius 3 is 2.88 bits per heavy atom. The van der Waals surface area contributed by atoms with Gasteiger partial charge in [-0.25, -0.2) is 0 Å². The summed E-state index contributed by atoms with van der Waals surface area (Å²) in [5.74, 6) is 0. The molecule has 1 atom stereocenters. The van der Waals surface area contributed by atoms with E-state index < -0.39 is 0 Å². The number of hydrogen-bond donors (Lipinski definition) is 1. The van der Waals surface area contributed by atoms with Gasteiger partial charge in [0.25, 0.3) is 0 Å². The van der Waals surface area contributed by atoms with Crippen LogP contribution >= 0.6 is 0 Å². The van der Waals surface area contributed by atoms with Crippen molar-refractivity contribution in [2.45, 2.75) is 25.5 Å². The lowest BCUT2D eigenvalue weighted by molar-refractivity contribution is 0.00109. The van der Waals surface area contributed by atoms with Gasteiger partial charge < -0.3 is 10.5 Å². The van der Waals surface area contributed by atoms with Crippen LogP contribution in [0.5, 0.6) is 0 Å². The van der Waals surface area contributed by atoms with E-state index in [4.69, 9.17) is 10.5 Å². The van der Waals surface area contributed by atoms with Gasteiger partial charge in [-0.2, -0.15) is 0 Å². The van der Waals surface area contributed by atoms with Crippen molar-refractivity contribution in [1.82, 2.24) is 4.90 Å². The predicted molar refractivity (Wildman–Crippen MR) is 69.7 cm³/mol. The van der Waals surface area contributed by atoms with Crippen LogP contribution in [-0.4, -0.2) is 37.2 Å². The van der Waals surface area contributed by atoms with Gasteiger partial charge in [0, 0.05) is 19.6 Å². The molecule has 3 nitrogen and oxygen atoms in total. The van der Waals surface area contributed by atoms with E-state index in [1.165, 1.54) is 24.9 Å². The molecule has 17 heavy (non-hydrogen) atoms. The molecule has 1 unspecified atom stereocenters. The van der Waals surface area contributed by atoms with Crippen molar-refractivity contribution < 1.29 is 4.74 Å². The van der Waals surface area contributed by atoms with Crippen molar-refractivity contribution in [3.63, 3.8) is 0 Å². The fourth-order valence-corrected chi connectivity index (χ4v) is 2.37. The first kappa shape index (κ1) is 12.6. The van der Waals surface area contributed by atoms with Crippen molar-refractivity contribution in [1.29, 1.82) is 0 Å². The van der Waals surface area contributed by atoms with Gasteiger partial charge in [-0.05, 0) is 24.9 Å². The van der Waals surface area contributed by atoms with Crippen LogP contribution in [0.25, 0.3) is 0 Å². The average molecular weight is 234 g/mol. The maximum Gasteiger partial charge on any atom is 0.0703 e. The Morgan fingerprint density at radius 2 is 2.12 bits per heavy atom. The normalized spacial score (nSPS) is 21.6. The largest absolute Gasteiger partial charge is 0.376 e. The van der Waals surface area contributed by atoms with E-state index in [1.807, 2.05) is 0 Å². The summed E-state index contributed by atoms with van der Waals surface area (Å²) in [6.45, 7) is 4.55. The highest BCUT2D eigenvalue weighted by atomic mass is 16.5. The van der Waals surface area contributed by atoms with Crippen molar-refractivity contribution in [3.05, 3.63) is 35.9 Å². The van der Waals surface area contributed by atoms with Crippen molar-refractivity contribution in [3.8, 4) is 0 Å². The molecule has 0 bridgehead atoms. The maximum atomic E-state index is 5.73. The lowest BCUT2D eigenvalue weighted by Crippen LogP contribution is -2.39. The zero-order chi connectivity index (χ0) is 11.9. The predicted octanol–water partition coefficient (Wildman–Crippen LogP) is 1.63. The molecule has 1 aliphatic heterocycles. The van der Waals surface area contributed by atoms with Gasteiger partial charge in [0.1, 0.15) is 0 Å². The van der Waals surface area contributed by atoms with Crippen LogP contribution in [0.4, 0.5) is 0 Å². The van der Waals surface area contributed by atoms with E-state index >= 15 is 0 Å². The number of benzene rings is 1. The van der Waals surface area contributed by atoms with Gasteiger partial charge in [0.05, 0.1) is 12.7 Å². The number of likely N-dealkylation sites (tertiary alicyclic amines) is 1. The van der Waals surface area contributed by atoms with Gasteiger partial charge >= 0.3 is 0 Å². The summed E-state index contributed by atoms with van der Waals surface area (Å²) >= 11 is 0. The quantitative estimate of drug-likeness (QED) is 0.841. The number of ether oxygens (including phenoxy) is 1. The maximum absolute atomic E-state index is 5.73. The van der Waals surface area contributed by atoms with Crippen molar-refractivity contribution in [2.24, 2.45) is 5.73 Å². The molecule has 1 aromatic rings. The minimum absolute atomic E-state index is 0.371. The second-order valence-corrected chi connectivity index (χ2v) is 4.64. The molecule has 1 saturated heterocycles. The summed E-state index contributed by atoms with van der Waals surface area (Å²) in [4.78, 5) is 2.47. The molecule has 0 spiro atoms. The average Bonchev–Trinajstić information content (AvgIpc) is 2.38. The minimum Gasteiger partial charge on any atom is -0.376 e. The molecule has 1 aromatic carbocycles. The summed E-state index contributed by atoms with van der Waals surface area (Å²) < 4.78 is 5.73. The van der Waals surface area contributed by atoms with Crippen LogP contribution in [0.3, 0.4) is 0 Å². The summed E-state index contributed by atoms with van der Waals surface area (Å²) in [5, 5.41) is 0. The van der Waals surface area contributed by atoms with Crippen molar-refractivity contribution >= 4 is 0 Å². The zero-order valence-corrected chi connectivity index (χ0v) is 10.3. The molecule has 0 amide bonds. The summed E-state index contributed by atoms with van der Waals surface area (Å²) in [6, 6.07) is 10.6. The standard InChI is InChI=1S/C14H22N2O/c15-8-10-17-14-7-4-9-16(12-14)11-13-5-2-1-3-6-13/h1-3,5-6,14H,4,7-12,15H2. The smallest absolute Gasteiger partial charge is 0.0703 e. The number of hydrogen-bond acceptors (Lipinski definition) is 3. The van der Waals surface area contributed by atoms with Gasteiger partial charge in [0.2, 0.25) is 0 Å². The first-order valence-electron chi connectivity index (χ1n) is 6.46. The number of piperidine rings is 1. The Bertz CT molecular complexity index is 315. The van der Waals surface area contributed by atoms with Gasteiger partial charge in [-0.1, -0.05) is 30.3 Å². The summed E-state index contributed by atoms with van der Waals surface area (Å²) in [6.07, 6.45) is 2.77. The Balaban J connectivity index is 1.81. The van der Waals surface area contributed by atoms with E-state index in [0.717, 1.165) is 13.1 Å². The van der Waals surface area contributed by atoms with Crippen LogP contribution in [0.1, 0.15) is 18.4 Å². The Hall–Kier alpha value is -0.900. The molecule has 1 heterocycles. The van der Waals surface area contributed by atoms with E-state index in [-0.39, 0.29) is 0 Å². The van der Waals surface area contributed by atoms with Gasteiger partial charge in [0.15, 0.2) is 0 Å². The molecule has 2 N–H and O–H groups in total. The highest BCUT2D eigenvalue weighted by Crippen LogP contribution is 2.15. The molecular weight excluding hydrogens is 212 g/mol. The molecule has 0 aliphatic carbocycles. The van der Waals surface area contributed by atoms with E-state index in [1.54, 1.807) is 0 Å². The Kier molecular flexibility index (Phi) is 4.98. The third-order valence-corrected chi connectivity index (χ3v) is 3.18. The summed E-state index contributed by atoms with van der Waals surface area (Å²) in [7, 11) is 0. The Morgan fingerprint density at radius 1 is 1.29 bits per heavy atom. The van der Waals surface area contributed by atoms with Gasteiger partial charge in [-0.15, -0.1) is 0 Å². The van der Waals surface area contributed by atoms with E-state index in [2.05, 4.69) is 35.2 Å². The van der Waals surface area contributed by atoms with Crippen LogP contribution in [-0.2, 0) is 11.3 Å². The number of rotatable bonds is 5. The molecule has 1 aliphatic rings. The second kappa shape index (κ2) is 6.74. The molecule has 3 heteroatoms. The minimum atomic E-state index is 0.371. The van der Waals surface area contributed by atoms with E-state index in [0.29, 0.717) is 19.3 Å². The third-order valence-electron chi connectivity index (χ3n) is 3.18. The van der Waals surface area contributed by atoms with E-state index in [9.17, 15) is 0 Å². The third kappa shape index (κ3) is 4.11.